The first kappa shape index (κ1) is 22.1. The van der Waals surface area contributed by atoms with Gasteiger partial charge in [0.1, 0.15) is 0 Å². The van der Waals surface area contributed by atoms with Crippen LogP contribution in [0.4, 0.5) is 0 Å². The van der Waals surface area contributed by atoms with Gasteiger partial charge in [-0.25, -0.2) is 4.98 Å². The molecule has 2 unspecified atom stereocenters. The monoisotopic (exact) mass is 418 g/mol. The summed E-state index contributed by atoms with van der Waals surface area (Å²) in [5.41, 5.74) is 3.14. The maximum absolute atomic E-state index is 13.1. The third-order valence-corrected chi connectivity index (χ3v) is 5.00. The molecule has 148 valence electrons. The van der Waals surface area contributed by atoms with Gasteiger partial charge in [0.2, 0.25) is 0 Å². The van der Waals surface area contributed by atoms with Crippen LogP contribution >= 0.6 is 24.8 Å². The average molecular weight is 419 g/mol. The number of carbonyl (C=O) groups excluding carboxylic acids is 1. The van der Waals surface area contributed by atoms with E-state index in [0.717, 1.165) is 41.5 Å². The quantitative estimate of drug-likeness (QED) is 0.673. The number of rotatable bonds is 3. The summed E-state index contributed by atoms with van der Waals surface area (Å²) in [6.45, 7) is 3.13. The number of amides is 1. The van der Waals surface area contributed by atoms with Crippen LogP contribution in [0.5, 0.6) is 0 Å². The highest BCUT2D eigenvalue weighted by Crippen LogP contribution is 2.24. The lowest BCUT2D eigenvalue weighted by Crippen LogP contribution is -2.51. The van der Waals surface area contributed by atoms with Gasteiger partial charge in [-0.1, -0.05) is 18.2 Å². The first-order chi connectivity index (χ1) is 12.7. The zero-order valence-corrected chi connectivity index (χ0v) is 17.2. The number of nitrogens with zero attached hydrogens (tertiary/aromatic N) is 2. The predicted octanol–water partition coefficient (Wildman–Crippen LogP) is 4.01. The van der Waals surface area contributed by atoms with E-state index in [4.69, 9.17) is 4.98 Å². The molecule has 2 aromatic heterocycles. The Bertz CT molecular complexity index is 936. The summed E-state index contributed by atoms with van der Waals surface area (Å²) in [7, 11) is 0. The number of para-hydroxylation sites is 1. The summed E-state index contributed by atoms with van der Waals surface area (Å²) < 4.78 is 0. The van der Waals surface area contributed by atoms with Crippen molar-refractivity contribution in [3.05, 3.63) is 60.4 Å². The molecule has 0 aliphatic carbocycles. The first-order valence-electron chi connectivity index (χ1n) is 9.07. The molecule has 0 spiro atoms. The lowest BCUT2D eigenvalue weighted by molar-refractivity contribution is 0.0921. The molecule has 2 N–H and O–H groups in total. The summed E-state index contributed by atoms with van der Waals surface area (Å²) in [4.78, 5) is 22.0. The minimum Gasteiger partial charge on any atom is -0.348 e. The lowest BCUT2D eigenvalue weighted by Gasteiger charge is -2.30. The Kier molecular flexibility index (Phi) is 7.75. The van der Waals surface area contributed by atoms with E-state index in [2.05, 4.69) is 22.5 Å². The number of carbonyl (C=O) groups is 1. The first-order valence-corrected chi connectivity index (χ1v) is 9.07. The van der Waals surface area contributed by atoms with Crippen molar-refractivity contribution in [2.45, 2.75) is 31.8 Å². The Morgan fingerprint density at radius 1 is 1.18 bits per heavy atom. The Labute approximate surface area is 177 Å². The molecule has 28 heavy (non-hydrogen) atoms. The molecule has 1 fully saturated rings. The molecular weight excluding hydrogens is 395 g/mol. The van der Waals surface area contributed by atoms with Crippen LogP contribution in [0.25, 0.3) is 22.2 Å². The fourth-order valence-corrected chi connectivity index (χ4v) is 3.51. The highest BCUT2D eigenvalue weighted by molar-refractivity contribution is 6.07. The van der Waals surface area contributed by atoms with Crippen LogP contribution in [-0.4, -0.2) is 34.5 Å². The predicted molar refractivity (Wildman–Crippen MR) is 117 cm³/mol. The zero-order valence-electron chi connectivity index (χ0n) is 15.6. The van der Waals surface area contributed by atoms with Crippen molar-refractivity contribution in [2.75, 3.05) is 6.54 Å². The molecule has 1 saturated heterocycles. The molecule has 4 rings (SSSR count). The number of piperidine rings is 1. The van der Waals surface area contributed by atoms with Crippen LogP contribution < -0.4 is 10.6 Å². The second-order valence-corrected chi connectivity index (χ2v) is 6.78. The van der Waals surface area contributed by atoms with E-state index in [1.165, 1.54) is 0 Å². The van der Waals surface area contributed by atoms with E-state index in [-0.39, 0.29) is 42.8 Å². The van der Waals surface area contributed by atoms with Crippen LogP contribution in [-0.2, 0) is 0 Å². The molecule has 0 radical (unpaired) electrons. The van der Waals surface area contributed by atoms with E-state index in [0.29, 0.717) is 5.56 Å². The molecule has 1 amide bonds. The summed E-state index contributed by atoms with van der Waals surface area (Å²) in [5, 5.41) is 7.51. The van der Waals surface area contributed by atoms with Gasteiger partial charge in [-0.3, -0.25) is 9.78 Å². The average Bonchev–Trinajstić information content (AvgIpc) is 2.69. The van der Waals surface area contributed by atoms with Gasteiger partial charge in [-0.2, -0.15) is 0 Å². The second kappa shape index (κ2) is 9.82. The largest absolute Gasteiger partial charge is 0.348 e. The molecule has 0 bridgehead atoms. The highest BCUT2D eigenvalue weighted by Gasteiger charge is 2.24. The van der Waals surface area contributed by atoms with Gasteiger partial charge in [0.15, 0.2) is 0 Å². The van der Waals surface area contributed by atoms with Crippen molar-refractivity contribution in [3.8, 4) is 11.3 Å². The summed E-state index contributed by atoms with van der Waals surface area (Å²) in [5.74, 6) is -0.0470. The molecule has 0 saturated carbocycles. The van der Waals surface area contributed by atoms with Crippen molar-refractivity contribution in [2.24, 2.45) is 0 Å². The number of aromatic nitrogens is 2. The zero-order chi connectivity index (χ0) is 17.9. The number of pyridine rings is 2. The molecule has 1 aromatic carbocycles. The van der Waals surface area contributed by atoms with Crippen LogP contribution in [0, 0.1) is 0 Å². The minimum atomic E-state index is -0.0470. The molecule has 1 aliphatic heterocycles. The Morgan fingerprint density at radius 3 is 2.75 bits per heavy atom. The number of nitrogens with one attached hydrogen (secondary N) is 2. The highest BCUT2D eigenvalue weighted by atomic mass is 35.5. The number of halogens is 2. The van der Waals surface area contributed by atoms with E-state index in [9.17, 15) is 4.79 Å². The molecular formula is C21H24Cl2N4O. The van der Waals surface area contributed by atoms with Crippen molar-refractivity contribution in [1.29, 1.82) is 0 Å². The van der Waals surface area contributed by atoms with Crippen molar-refractivity contribution in [3.63, 3.8) is 0 Å². The summed E-state index contributed by atoms with van der Waals surface area (Å²) in [6.07, 6.45) is 5.58. The number of benzene rings is 1. The molecule has 7 heteroatoms. The van der Waals surface area contributed by atoms with Crippen molar-refractivity contribution >= 4 is 41.6 Å². The second-order valence-electron chi connectivity index (χ2n) is 6.78. The number of hydrogen-bond donors (Lipinski definition) is 2. The van der Waals surface area contributed by atoms with Gasteiger partial charge in [-0.15, -0.1) is 24.8 Å². The summed E-state index contributed by atoms with van der Waals surface area (Å²) in [6, 6.07) is 13.9. The fourth-order valence-electron chi connectivity index (χ4n) is 3.51. The van der Waals surface area contributed by atoms with Gasteiger partial charge < -0.3 is 10.6 Å². The van der Waals surface area contributed by atoms with Crippen LogP contribution in [0.15, 0.2) is 54.9 Å². The van der Waals surface area contributed by atoms with Crippen LogP contribution in [0.1, 0.15) is 30.1 Å². The maximum atomic E-state index is 13.1. The molecule has 3 heterocycles. The topological polar surface area (TPSA) is 66.9 Å². The van der Waals surface area contributed by atoms with Crippen molar-refractivity contribution in [1.82, 2.24) is 20.6 Å². The van der Waals surface area contributed by atoms with E-state index >= 15 is 0 Å². The SMILES string of the molecule is CC1NCCCC1NC(=O)c1cc(-c2cccnc2)nc2ccccc12.Cl.Cl. The van der Waals surface area contributed by atoms with Crippen LogP contribution in [0.2, 0.25) is 0 Å². The molecule has 2 atom stereocenters. The lowest BCUT2D eigenvalue weighted by atomic mass is 9.98. The van der Waals surface area contributed by atoms with E-state index < -0.39 is 0 Å². The normalized spacial score (nSPS) is 18.6. The fraction of sp³-hybridized carbons (Fsp3) is 0.286. The minimum absolute atomic E-state index is 0. The Balaban J connectivity index is 0.00000140. The van der Waals surface area contributed by atoms with Gasteiger partial charge in [-0.05, 0) is 50.6 Å². The molecule has 5 nitrogen and oxygen atoms in total. The Morgan fingerprint density at radius 2 is 2.00 bits per heavy atom. The van der Waals surface area contributed by atoms with E-state index in [1.54, 1.807) is 12.4 Å². The molecule has 3 aromatic rings. The summed E-state index contributed by atoms with van der Waals surface area (Å²) >= 11 is 0. The van der Waals surface area contributed by atoms with Gasteiger partial charge in [0.25, 0.3) is 5.91 Å². The van der Waals surface area contributed by atoms with Crippen LogP contribution in [0.3, 0.4) is 0 Å². The smallest absolute Gasteiger partial charge is 0.252 e. The Hall–Kier alpha value is -2.21. The third kappa shape index (κ3) is 4.61. The van der Waals surface area contributed by atoms with Gasteiger partial charge >= 0.3 is 0 Å². The van der Waals surface area contributed by atoms with Gasteiger partial charge in [0, 0.05) is 35.4 Å². The maximum Gasteiger partial charge on any atom is 0.252 e. The van der Waals surface area contributed by atoms with Crippen molar-refractivity contribution < 1.29 is 4.79 Å². The van der Waals surface area contributed by atoms with Gasteiger partial charge in [0.05, 0.1) is 16.8 Å². The number of fused-ring (bicyclic) bond motifs is 1. The molecule has 1 aliphatic rings. The van der Waals surface area contributed by atoms with E-state index in [1.807, 2.05) is 42.5 Å². The standard InChI is InChI=1S/C21H22N4O.2ClH/c1-14-18(9-5-11-23-14)25-21(26)17-12-20(15-6-4-10-22-13-15)24-19-8-3-2-7-16(17)19;;/h2-4,6-8,10,12-14,18,23H,5,9,11H2,1H3,(H,25,26);2*1H. The number of hydrogen-bond acceptors (Lipinski definition) is 4. The third-order valence-electron chi connectivity index (χ3n) is 5.00.